The number of aliphatic hydroxyl groups is 1. The highest BCUT2D eigenvalue weighted by Crippen LogP contribution is 2.30. The number of aryl methyl sites for hydroxylation is 1. The van der Waals surface area contributed by atoms with Crippen LogP contribution in [0.3, 0.4) is 0 Å². The summed E-state index contributed by atoms with van der Waals surface area (Å²) in [6.07, 6.45) is -0.558. The lowest BCUT2D eigenvalue weighted by molar-refractivity contribution is 0.147. The molecule has 2 aromatic carbocycles. The molecular weight excluding hydrogens is 222 g/mol. The summed E-state index contributed by atoms with van der Waals surface area (Å²) in [5, 5.41) is 10.5. The quantitative estimate of drug-likeness (QED) is 0.864. The van der Waals surface area contributed by atoms with E-state index in [0.29, 0.717) is 6.54 Å². The van der Waals surface area contributed by atoms with Gasteiger partial charge in [0.25, 0.3) is 0 Å². The van der Waals surface area contributed by atoms with Crippen molar-refractivity contribution in [2.24, 2.45) is 5.73 Å². The highest BCUT2D eigenvalue weighted by Gasteiger charge is 2.21. The number of aliphatic hydroxyl groups excluding tert-OH is 1. The van der Waals surface area contributed by atoms with Crippen LogP contribution in [0, 0.1) is 6.92 Å². The van der Waals surface area contributed by atoms with Gasteiger partial charge in [0, 0.05) is 12.5 Å². The second-order valence-corrected chi connectivity index (χ2v) is 4.61. The molecule has 0 aliphatic heterocycles. The summed E-state index contributed by atoms with van der Waals surface area (Å²) in [7, 11) is 0. The highest BCUT2D eigenvalue weighted by molar-refractivity contribution is 5.29. The molecule has 2 aromatic rings. The smallest absolute Gasteiger partial charge is 0.0870 e. The molecule has 0 aromatic heterocycles. The molecule has 0 aliphatic carbocycles. The van der Waals surface area contributed by atoms with E-state index in [1.54, 1.807) is 0 Å². The average Bonchev–Trinajstić information content (AvgIpc) is 2.41. The normalized spacial score (nSPS) is 14.2. The Bertz CT molecular complexity index is 495. The third kappa shape index (κ3) is 2.78. The van der Waals surface area contributed by atoms with E-state index in [4.69, 9.17) is 5.73 Å². The lowest BCUT2D eigenvalue weighted by atomic mass is 9.89. The zero-order valence-electron chi connectivity index (χ0n) is 10.6. The van der Waals surface area contributed by atoms with E-state index in [1.165, 1.54) is 0 Å². The minimum absolute atomic E-state index is 0.0620. The van der Waals surface area contributed by atoms with Gasteiger partial charge in [-0.1, -0.05) is 60.2 Å². The molecule has 0 saturated heterocycles. The van der Waals surface area contributed by atoms with Gasteiger partial charge in [-0.15, -0.1) is 0 Å². The summed E-state index contributed by atoms with van der Waals surface area (Å²) in [5.74, 6) is -0.0620. The second-order valence-electron chi connectivity index (χ2n) is 4.61. The van der Waals surface area contributed by atoms with E-state index in [-0.39, 0.29) is 5.92 Å². The van der Waals surface area contributed by atoms with Gasteiger partial charge in [0.15, 0.2) is 0 Å². The third-order valence-electron chi connectivity index (χ3n) is 3.25. The monoisotopic (exact) mass is 241 g/mol. The fourth-order valence-electron chi connectivity index (χ4n) is 2.23. The van der Waals surface area contributed by atoms with E-state index in [0.717, 1.165) is 16.7 Å². The van der Waals surface area contributed by atoms with Crippen LogP contribution in [0.15, 0.2) is 54.6 Å². The predicted octanol–water partition coefficient (Wildman–Crippen LogP) is 2.77. The van der Waals surface area contributed by atoms with Crippen molar-refractivity contribution in [1.82, 2.24) is 0 Å². The van der Waals surface area contributed by atoms with Crippen molar-refractivity contribution < 1.29 is 5.11 Å². The number of benzene rings is 2. The number of nitrogens with two attached hydrogens (primary N) is 1. The molecule has 0 bridgehead atoms. The summed E-state index contributed by atoms with van der Waals surface area (Å²) < 4.78 is 0. The molecule has 94 valence electrons. The highest BCUT2D eigenvalue weighted by atomic mass is 16.3. The van der Waals surface area contributed by atoms with Gasteiger partial charge in [0.1, 0.15) is 0 Å². The molecule has 0 saturated carbocycles. The fourth-order valence-corrected chi connectivity index (χ4v) is 2.23. The molecule has 2 heteroatoms. The molecule has 2 atom stereocenters. The zero-order valence-corrected chi connectivity index (χ0v) is 10.6. The van der Waals surface area contributed by atoms with Gasteiger partial charge in [0.2, 0.25) is 0 Å². The summed E-state index contributed by atoms with van der Waals surface area (Å²) in [6, 6.07) is 17.9. The molecule has 2 rings (SSSR count). The van der Waals surface area contributed by atoms with Gasteiger partial charge >= 0.3 is 0 Å². The molecular formula is C16H19NO. The second kappa shape index (κ2) is 5.80. The minimum atomic E-state index is -0.558. The Kier molecular flexibility index (Phi) is 4.13. The Morgan fingerprint density at radius 1 is 1.00 bits per heavy atom. The van der Waals surface area contributed by atoms with Gasteiger partial charge in [-0.2, -0.15) is 0 Å². The van der Waals surface area contributed by atoms with Gasteiger partial charge < -0.3 is 10.8 Å². The van der Waals surface area contributed by atoms with Crippen LogP contribution < -0.4 is 5.73 Å². The summed E-state index contributed by atoms with van der Waals surface area (Å²) in [5.41, 5.74) is 8.97. The molecule has 0 amide bonds. The topological polar surface area (TPSA) is 46.2 Å². The summed E-state index contributed by atoms with van der Waals surface area (Å²) in [6.45, 7) is 2.45. The maximum atomic E-state index is 10.5. The number of hydrogen-bond acceptors (Lipinski definition) is 2. The SMILES string of the molecule is Cc1cccc(C(O)C(CN)c2ccccc2)c1. The summed E-state index contributed by atoms with van der Waals surface area (Å²) >= 11 is 0. The largest absolute Gasteiger partial charge is 0.388 e. The Hall–Kier alpha value is -1.64. The van der Waals surface area contributed by atoms with Crippen molar-refractivity contribution in [3.8, 4) is 0 Å². The van der Waals surface area contributed by atoms with Gasteiger partial charge in [-0.05, 0) is 18.1 Å². The Labute approximate surface area is 108 Å². The molecule has 2 nitrogen and oxygen atoms in total. The Morgan fingerprint density at radius 2 is 1.67 bits per heavy atom. The van der Waals surface area contributed by atoms with E-state index in [1.807, 2.05) is 61.5 Å². The zero-order chi connectivity index (χ0) is 13.0. The van der Waals surface area contributed by atoms with Gasteiger partial charge in [0.05, 0.1) is 6.10 Å². The van der Waals surface area contributed by atoms with Crippen molar-refractivity contribution in [3.05, 3.63) is 71.3 Å². The van der Waals surface area contributed by atoms with Crippen molar-refractivity contribution in [2.45, 2.75) is 18.9 Å². The standard InChI is InChI=1S/C16H19NO/c1-12-6-5-9-14(10-12)16(18)15(11-17)13-7-3-2-4-8-13/h2-10,15-16,18H,11,17H2,1H3. The first-order valence-electron chi connectivity index (χ1n) is 6.22. The van der Waals surface area contributed by atoms with Crippen molar-refractivity contribution >= 4 is 0 Å². The third-order valence-corrected chi connectivity index (χ3v) is 3.25. The minimum Gasteiger partial charge on any atom is -0.388 e. The van der Waals surface area contributed by atoms with Crippen molar-refractivity contribution in [1.29, 1.82) is 0 Å². The molecule has 0 aliphatic rings. The van der Waals surface area contributed by atoms with Crippen LogP contribution in [-0.4, -0.2) is 11.7 Å². The van der Waals surface area contributed by atoms with Crippen LogP contribution in [0.25, 0.3) is 0 Å². The molecule has 3 N–H and O–H groups in total. The Balaban J connectivity index is 2.28. The molecule has 18 heavy (non-hydrogen) atoms. The number of rotatable bonds is 4. The number of hydrogen-bond donors (Lipinski definition) is 2. The van der Waals surface area contributed by atoms with Crippen LogP contribution in [0.2, 0.25) is 0 Å². The van der Waals surface area contributed by atoms with Crippen LogP contribution in [0.1, 0.15) is 28.7 Å². The van der Waals surface area contributed by atoms with Crippen LogP contribution in [-0.2, 0) is 0 Å². The molecule has 2 unspecified atom stereocenters. The van der Waals surface area contributed by atoms with E-state index in [9.17, 15) is 5.11 Å². The molecule has 0 spiro atoms. The van der Waals surface area contributed by atoms with E-state index < -0.39 is 6.10 Å². The van der Waals surface area contributed by atoms with E-state index >= 15 is 0 Å². The average molecular weight is 241 g/mol. The Morgan fingerprint density at radius 3 is 2.28 bits per heavy atom. The first-order valence-corrected chi connectivity index (χ1v) is 6.22. The first kappa shape index (κ1) is 12.8. The maximum absolute atomic E-state index is 10.5. The van der Waals surface area contributed by atoms with E-state index in [2.05, 4.69) is 0 Å². The fraction of sp³-hybridized carbons (Fsp3) is 0.250. The lowest BCUT2D eigenvalue weighted by Crippen LogP contribution is -2.20. The molecule has 0 heterocycles. The van der Waals surface area contributed by atoms with Crippen molar-refractivity contribution in [2.75, 3.05) is 6.54 Å². The van der Waals surface area contributed by atoms with Crippen molar-refractivity contribution in [3.63, 3.8) is 0 Å². The summed E-state index contributed by atoms with van der Waals surface area (Å²) in [4.78, 5) is 0. The van der Waals surface area contributed by atoms with Gasteiger partial charge in [-0.3, -0.25) is 0 Å². The van der Waals surface area contributed by atoms with Crippen LogP contribution >= 0.6 is 0 Å². The molecule has 0 radical (unpaired) electrons. The maximum Gasteiger partial charge on any atom is 0.0870 e. The lowest BCUT2D eigenvalue weighted by Gasteiger charge is -2.22. The van der Waals surface area contributed by atoms with Gasteiger partial charge in [-0.25, -0.2) is 0 Å². The van der Waals surface area contributed by atoms with Crippen LogP contribution in [0.5, 0.6) is 0 Å². The predicted molar refractivity (Wildman–Crippen MR) is 74.4 cm³/mol. The first-order chi connectivity index (χ1) is 8.72. The molecule has 0 fully saturated rings. The van der Waals surface area contributed by atoms with Crippen LogP contribution in [0.4, 0.5) is 0 Å².